The van der Waals surface area contributed by atoms with Crippen LogP contribution in [0.1, 0.15) is 36.4 Å². The summed E-state index contributed by atoms with van der Waals surface area (Å²) >= 11 is 1.84. The Hall–Kier alpha value is -3.60. The Morgan fingerprint density at radius 1 is 1.24 bits per heavy atom. The summed E-state index contributed by atoms with van der Waals surface area (Å²) in [6.07, 6.45) is 3.94. The van der Waals surface area contributed by atoms with Gasteiger partial charge in [0.05, 0.1) is 4.92 Å². The van der Waals surface area contributed by atoms with Crippen molar-refractivity contribution < 1.29 is 19.2 Å². The van der Waals surface area contributed by atoms with Crippen molar-refractivity contribution in [3.8, 4) is 5.75 Å². The van der Waals surface area contributed by atoms with E-state index in [2.05, 4.69) is 20.5 Å². The van der Waals surface area contributed by atoms with E-state index in [1.807, 2.05) is 30.1 Å². The highest BCUT2D eigenvalue weighted by Crippen LogP contribution is 2.38. The number of rotatable bonds is 6. The number of nitro groups is 1. The zero-order valence-corrected chi connectivity index (χ0v) is 18.3. The number of pyridine rings is 1. The number of hydrogen-bond donors (Lipinski definition) is 2. The van der Waals surface area contributed by atoms with Gasteiger partial charge in [0.1, 0.15) is 17.7 Å². The molecule has 1 fully saturated rings. The Morgan fingerprint density at radius 2 is 2.09 bits per heavy atom. The van der Waals surface area contributed by atoms with E-state index in [4.69, 9.17) is 9.47 Å². The van der Waals surface area contributed by atoms with Crippen LogP contribution in [0.2, 0.25) is 0 Å². The first-order valence-corrected chi connectivity index (χ1v) is 11.6. The average Bonchev–Trinajstić information content (AvgIpc) is 3.55. The molecule has 170 valence electrons. The number of nitrogens with one attached hydrogen (secondary N) is 2. The molecular weight excluding hydrogens is 446 g/mol. The minimum absolute atomic E-state index is 0.0749. The van der Waals surface area contributed by atoms with Crippen LogP contribution in [0.3, 0.4) is 0 Å². The van der Waals surface area contributed by atoms with Crippen molar-refractivity contribution in [2.75, 3.05) is 11.1 Å². The number of aromatic amines is 1. The second-order valence-electron chi connectivity index (χ2n) is 7.92. The fraction of sp³-hybridized carbons (Fsp3) is 0.318. The number of carbonyl (C=O) groups is 1. The maximum atomic E-state index is 12.1. The summed E-state index contributed by atoms with van der Waals surface area (Å²) in [5.74, 6) is 3.01. The molecule has 10 nitrogen and oxygen atoms in total. The molecule has 1 aliphatic carbocycles. The van der Waals surface area contributed by atoms with Gasteiger partial charge in [-0.05, 0) is 43.9 Å². The summed E-state index contributed by atoms with van der Waals surface area (Å²) in [7, 11) is 0. The number of fused-ring (bicyclic) bond motifs is 1. The predicted molar refractivity (Wildman–Crippen MR) is 121 cm³/mol. The normalized spacial score (nSPS) is 19.2. The van der Waals surface area contributed by atoms with Gasteiger partial charge in [0.25, 0.3) is 5.69 Å². The van der Waals surface area contributed by atoms with Crippen LogP contribution in [-0.4, -0.2) is 38.1 Å². The van der Waals surface area contributed by atoms with Crippen LogP contribution < -0.4 is 10.1 Å². The van der Waals surface area contributed by atoms with Crippen LogP contribution >= 0.6 is 11.8 Å². The molecule has 2 atom stereocenters. The standard InChI is InChI=1S/C22H21N5O5S/c28-22(31-15-5-2-14(3-6-15)27(29)30)32-16-4-1-13(11-16)18-12-20(26-25-18)24-21-17-8-10-33-19(17)7-9-23-21/h2-3,5-7,9,12-13,16H,1,4,8,10-11H2,(H2,23,24,25,26). The summed E-state index contributed by atoms with van der Waals surface area (Å²) in [5, 5.41) is 21.5. The molecule has 2 aromatic heterocycles. The number of carbonyl (C=O) groups excluding carboxylic acids is 1. The van der Waals surface area contributed by atoms with Gasteiger partial charge in [-0.3, -0.25) is 15.2 Å². The quantitative estimate of drug-likeness (QED) is 0.223. The Kier molecular flexibility index (Phi) is 5.86. The van der Waals surface area contributed by atoms with E-state index < -0.39 is 11.1 Å². The first kappa shape index (κ1) is 21.3. The first-order valence-electron chi connectivity index (χ1n) is 10.6. The van der Waals surface area contributed by atoms with Crippen molar-refractivity contribution in [3.05, 3.63) is 64.0 Å². The topological polar surface area (TPSA) is 132 Å². The van der Waals surface area contributed by atoms with Crippen molar-refractivity contribution in [2.24, 2.45) is 0 Å². The zero-order valence-electron chi connectivity index (χ0n) is 17.5. The van der Waals surface area contributed by atoms with Crippen LogP contribution in [-0.2, 0) is 11.2 Å². The molecule has 33 heavy (non-hydrogen) atoms. The van der Waals surface area contributed by atoms with Gasteiger partial charge in [-0.25, -0.2) is 9.78 Å². The van der Waals surface area contributed by atoms with Gasteiger partial charge in [-0.2, -0.15) is 5.10 Å². The maximum Gasteiger partial charge on any atom is 0.514 e. The molecule has 1 aromatic carbocycles. The number of aromatic nitrogens is 3. The lowest BCUT2D eigenvalue weighted by atomic mass is 10.0. The highest BCUT2D eigenvalue weighted by atomic mass is 32.2. The number of thioether (sulfide) groups is 1. The molecule has 1 saturated carbocycles. The second kappa shape index (κ2) is 9.10. The summed E-state index contributed by atoms with van der Waals surface area (Å²) in [6, 6.07) is 9.30. The Morgan fingerprint density at radius 3 is 2.91 bits per heavy atom. The van der Waals surface area contributed by atoms with E-state index in [0.717, 1.165) is 30.1 Å². The maximum absolute atomic E-state index is 12.1. The van der Waals surface area contributed by atoms with E-state index in [0.29, 0.717) is 18.7 Å². The summed E-state index contributed by atoms with van der Waals surface area (Å²) in [5.41, 5.74) is 2.14. The molecule has 0 bridgehead atoms. The Balaban J connectivity index is 1.15. The molecule has 2 aliphatic rings. The molecule has 2 unspecified atom stereocenters. The van der Waals surface area contributed by atoms with Gasteiger partial charge < -0.3 is 14.8 Å². The lowest BCUT2D eigenvalue weighted by Crippen LogP contribution is -2.18. The van der Waals surface area contributed by atoms with Crippen LogP contribution in [0.4, 0.5) is 22.1 Å². The van der Waals surface area contributed by atoms with Gasteiger partial charge in [0, 0.05) is 52.2 Å². The second-order valence-corrected chi connectivity index (χ2v) is 9.06. The highest BCUT2D eigenvalue weighted by molar-refractivity contribution is 7.99. The lowest BCUT2D eigenvalue weighted by Gasteiger charge is -2.12. The monoisotopic (exact) mass is 467 g/mol. The minimum Gasteiger partial charge on any atom is -0.431 e. The number of non-ortho nitro benzene ring substituents is 1. The van der Waals surface area contributed by atoms with Gasteiger partial charge in [0.2, 0.25) is 0 Å². The van der Waals surface area contributed by atoms with Crippen molar-refractivity contribution >= 4 is 35.2 Å². The molecular formula is C22H21N5O5S. The Labute approximate surface area is 193 Å². The van der Waals surface area contributed by atoms with Gasteiger partial charge in [-0.1, -0.05) is 0 Å². The van der Waals surface area contributed by atoms with E-state index in [9.17, 15) is 14.9 Å². The number of hydrogen-bond acceptors (Lipinski definition) is 9. The Bertz CT molecular complexity index is 1180. The number of anilines is 2. The van der Waals surface area contributed by atoms with E-state index >= 15 is 0 Å². The van der Waals surface area contributed by atoms with Crippen LogP contribution in [0.5, 0.6) is 5.75 Å². The molecule has 2 N–H and O–H groups in total. The van der Waals surface area contributed by atoms with E-state index in [-0.39, 0.29) is 23.5 Å². The molecule has 3 aromatic rings. The summed E-state index contributed by atoms with van der Waals surface area (Å²) in [4.78, 5) is 28.0. The predicted octanol–water partition coefficient (Wildman–Crippen LogP) is 4.96. The third-order valence-corrected chi connectivity index (χ3v) is 6.90. The third-order valence-electron chi connectivity index (χ3n) is 5.80. The molecule has 5 rings (SSSR count). The van der Waals surface area contributed by atoms with E-state index in [1.165, 1.54) is 34.7 Å². The van der Waals surface area contributed by atoms with E-state index in [1.54, 1.807) is 0 Å². The molecule has 0 radical (unpaired) electrons. The molecule has 0 spiro atoms. The summed E-state index contributed by atoms with van der Waals surface area (Å²) < 4.78 is 10.6. The van der Waals surface area contributed by atoms with Crippen molar-refractivity contribution in [3.63, 3.8) is 0 Å². The summed E-state index contributed by atoms with van der Waals surface area (Å²) in [6.45, 7) is 0. The largest absolute Gasteiger partial charge is 0.514 e. The fourth-order valence-corrected chi connectivity index (χ4v) is 5.23. The van der Waals surface area contributed by atoms with Crippen LogP contribution in [0, 0.1) is 10.1 Å². The number of H-pyrrole nitrogens is 1. The molecule has 11 heteroatoms. The van der Waals surface area contributed by atoms with Crippen LogP contribution in [0.15, 0.2) is 47.5 Å². The minimum atomic E-state index is -0.816. The number of nitro benzene ring substituents is 1. The average molecular weight is 468 g/mol. The van der Waals surface area contributed by atoms with Crippen molar-refractivity contribution in [1.29, 1.82) is 0 Å². The fourth-order valence-electron chi connectivity index (χ4n) is 4.18. The number of benzene rings is 1. The van der Waals surface area contributed by atoms with Gasteiger partial charge >= 0.3 is 6.16 Å². The van der Waals surface area contributed by atoms with Crippen LogP contribution in [0.25, 0.3) is 0 Å². The van der Waals surface area contributed by atoms with Crippen molar-refractivity contribution in [1.82, 2.24) is 15.2 Å². The zero-order chi connectivity index (χ0) is 22.8. The highest BCUT2D eigenvalue weighted by Gasteiger charge is 2.30. The lowest BCUT2D eigenvalue weighted by molar-refractivity contribution is -0.384. The van der Waals surface area contributed by atoms with Gasteiger partial charge in [-0.15, -0.1) is 11.8 Å². The smallest absolute Gasteiger partial charge is 0.431 e. The molecule has 3 heterocycles. The van der Waals surface area contributed by atoms with Gasteiger partial charge in [0.15, 0.2) is 5.82 Å². The molecule has 1 aliphatic heterocycles. The number of ether oxygens (including phenoxy) is 2. The SMILES string of the molecule is O=C(Oc1ccc([N+](=O)[O-])cc1)OC1CCC(c2cc(Nc3nccc4c3CCS4)n[nH]2)C1. The van der Waals surface area contributed by atoms with Crippen molar-refractivity contribution in [2.45, 2.75) is 42.6 Å². The third kappa shape index (κ3) is 4.77. The first-order chi connectivity index (χ1) is 16.0. The molecule has 0 saturated heterocycles. The molecule has 0 amide bonds. The number of nitrogens with zero attached hydrogens (tertiary/aromatic N) is 3.